The summed E-state index contributed by atoms with van der Waals surface area (Å²) in [6.07, 6.45) is 2.82. The van der Waals surface area contributed by atoms with Crippen LogP contribution in [0.5, 0.6) is 5.75 Å². The lowest BCUT2D eigenvalue weighted by Crippen LogP contribution is -2.35. The lowest BCUT2D eigenvalue weighted by molar-refractivity contribution is -0.117. The van der Waals surface area contributed by atoms with E-state index in [0.29, 0.717) is 23.1 Å². The molecule has 0 radical (unpaired) electrons. The first-order valence-corrected chi connectivity index (χ1v) is 7.05. The number of carbonyl (C=O) groups excluding carboxylic acids is 1. The Labute approximate surface area is 118 Å². The van der Waals surface area contributed by atoms with Crippen molar-refractivity contribution in [2.45, 2.75) is 32.2 Å². The molecule has 0 aromatic heterocycles. The third-order valence-corrected chi connectivity index (χ3v) is 3.27. The number of hydrogen-bond acceptors (Lipinski definition) is 3. The van der Waals surface area contributed by atoms with Crippen LogP contribution in [0.15, 0.2) is 18.2 Å². The van der Waals surface area contributed by atoms with Crippen LogP contribution in [0.1, 0.15) is 26.2 Å². The Balaban J connectivity index is 2.08. The van der Waals surface area contributed by atoms with Gasteiger partial charge < -0.3 is 15.4 Å². The molecule has 1 aromatic carbocycles. The van der Waals surface area contributed by atoms with Crippen LogP contribution < -0.4 is 15.4 Å². The zero-order valence-corrected chi connectivity index (χ0v) is 11.8. The highest BCUT2D eigenvalue weighted by Crippen LogP contribution is 2.28. The zero-order valence-electron chi connectivity index (χ0n) is 11.0. The first kappa shape index (κ1) is 14.2. The quantitative estimate of drug-likeness (QED) is 0.873. The fourth-order valence-corrected chi connectivity index (χ4v) is 2.24. The molecule has 1 saturated heterocycles. The van der Waals surface area contributed by atoms with Gasteiger partial charge in [-0.25, -0.2) is 0 Å². The second kappa shape index (κ2) is 6.78. The summed E-state index contributed by atoms with van der Waals surface area (Å²) >= 11 is 5.97. The fraction of sp³-hybridized carbons (Fsp3) is 0.500. The molecule has 0 unspecified atom stereocenters. The molecule has 104 valence electrons. The van der Waals surface area contributed by atoms with Crippen molar-refractivity contribution in [1.29, 1.82) is 0 Å². The molecule has 1 fully saturated rings. The average molecular weight is 283 g/mol. The molecular weight excluding hydrogens is 264 g/mol. The number of anilines is 1. The van der Waals surface area contributed by atoms with Crippen molar-refractivity contribution in [3.8, 4) is 5.75 Å². The Morgan fingerprint density at radius 1 is 1.58 bits per heavy atom. The van der Waals surface area contributed by atoms with E-state index in [1.165, 1.54) is 0 Å². The van der Waals surface area contributed by atoms with Gasteiger partial charge >= 0.3 is 0 Å². The molecular formula is C14H19ClN2O2. The van der Waals surface area contributed by atoms with Crippen LogP contribution in [-0.2, 0) is 4.79 Å². The van der Waals surface area contributed by atoms with E-state index in [-0.39, 0.29) is 11.9 Å². The van der Waals surface area contributed by atoms with Crippen molar-refractivity contribution in [1.82, 2.24) is 5.32 Å². The van der Waals surface area contributed by atoms with Crippen LogP contribution in [-0.4, -0.2) is 25.1 Å². The number of amides is 1. The minimum Gasteiger partial charge on any atom is -0.491 e. The van der Waals surface area contributed by atoms with E-state index < -0.39 is 0 Å². The molecule has 1 aliphatic heterocycles. The summed E-state index contributed by atoms with van der Waals surface area (Å²) in [5.41, 5.74) is 0.639. The van der Waals surface area contributed by atoms with Crippen molar-refractivity contribution in [2.24, 2.45) is 0 Å². The smallest absolute Gasteiger partial charge is 0.241 e. The molecule has 1 atom stereocenters. The summed E-state index contributed by atoms with van der Waals surface area (Å²) in [4.78, 5) is 12.1. The molecule has 0 saturated carbocycles. The van der Waals surface area contributed by atoms with Crippen molar-refractivity contribution in [3.63, 3.8) is 0 Å². The molecule has 0 spiro atoms. The lowest BCUT2D eigenvalue weighted by atomic mass is 10.2. The number of carbonyl (C=O) groups is 1. The second-order valence-corrected chi connectivity index (χ2v) is 5.06. The van der Waals surface area contributed by atoms with Crippen molar-refractivity contribution in [3.05, 3.63) is 23.2 Å². The predicted octanol–water partition coefficient (Wildman–Crippen LogP) is 2.82. The lowest BCUT2D eigenvalue weighted by Gasteiger charge is -2.15. The van der Waals surface area contributed by atoms with Gasteiger partial charge in [-0.1, -0.05) is 18.5 Å². The fourth-order valence-electron chi connectivity index (χ4n) is 2.07. The van der Waals surface area contributed by atoms with Crippen LogP contribution in [0.25, 0.3) is 0 Å². The average Bonchev–Trinajstić information content (AvgIpc) is 2.92. The Kier molecular flexibility index (Phi) is 5.05. The van der Waals surface area contributed by atoms with Crippen LogP contribution in [0.4, 0.5) is 5.69 Å². The molecule has 1 aliphatic rings. The minimum absolute atomic E-state index is 0.0267. The molecule has 2 N–H and O–H groups in total. The van der Waals surface area contributed by atoms with Gasteiger partial charge in [0.15, 0.2) is 0 Å². The number of halogens is 1. The number of benzene rings is 1. The van der Waals surface area contributed by atoms with Gasteiger partial charge in [0.2, 0.25) is 5.91 Å². The Morgan fingerprint density at radius 2 is 2.42 bits per heavy atom. The topological polar surface area (TPSA) is 50.4 Å². The molecule has 0 bridgehead atoms. The number of ether oxygens (including phenoxy) is 1. The molecule has 4 nitrogen and oxygen atoms in total. The van der Waals surface area contributed by atoms with E-state index in [1.54, 1.807) is 18.2 Å². The Bertz CT molecular complexity index is 445. The number of nitrogens with one attached hydrogen (secondary N) is 2. The van der Waals surface area contributed by atoms with E-state index in [9.17, 15) is 4.79 Å². The molecule has 5 heteroatoms. The molecule has 2 rings (SSSR count). The number of hydrogen-bond donors (Lipinski definition) is 2. The van der Waals surface area contributed by atoms with Crippen LogP contribution in [0, 0.1) is 0 Å². The maximum atomic E-state index is 12.1. The van der Waals surface area contributed by atoms with Gasteiger partial charge in [-0.15, -0.1) is 0 Å². The summed E-state index contributed by atoms with van der Waals surface area (Å²) < 4.78 is 5.61. The maximum Gasteiger partial charge on any atom is 0.241 e. The maximum absolute atomic E-state index is 12.1. The highest BCUT2D eigenvalue weighted by molar-refractivity contribution is 6.31. The molecule has 0 aliphatic carbocycles. The van der Waals surface area contributed by atoms with Crippen molar-refractivity contribution >= 4 is 23.2 Å². The first-order chi connectivity index (χ1) is 9.20. The van der Waals surface area contributed by atoms with Gasteiger partial charge in [0, 0.05) is 5.02 Å². The normalized spacial score (nSPS) is 18.3. The van der Waals surface area contributed by atoms with Gasteiger partial charge in [0.1, 0.15) is 5.75 Å². The minimum atomic E-state index is -0.113. The second-order valence-electron chi connectivity index (χ2n) is 4.63. The highest BCUT2D eigenvalue weighted by atomic mass is 35.5. The summed E-state index contributed by atoms with van der Waals surface area (Å²) in [5, 5.41) is 6.64. The van der Waals surface area contributed by atoms with Crippen LogP contribution >= 0.6 is 11.6 Å². The summed E-state index contributed by atoms with van der Waals surface area (Å²) in [6.45, 7) is 3.55. The third-order valence-electron chi connectivity index (χ3n) is 3.04. The number of rotatable bonds is 5. The Hall–Kier alpha value is -1.26. The van der Waals surface area contributed by atoms with Gasteiger partial charge in [-0.05, 0) is 44.0 Å². The van der Waals surface area contributed by atoms with Crippen molar-refractivity contribution in [2.75, 3.05) is 18.5 Å². The van der Waals surface area contributed by atoms with Gasteiger partial charge in [0.25, 0.3) is 0 Å². The summed E-state index contributed by atoms with van der Waals surface area (Å²) in [5.74, 6) is 0.638. The van der Waals surface area contributed by atoms with Crippen molar-refractivity contribution < 1.29 is 9.53 Å². The molecule has 1 aromatic rings. The highest BCUT2D eigenvalue weighted by Gasteiger charge is 2.22. The Morgan fingerprint density at radius 3 is 3.11 bits per heavy atom. The van der Waals surface area contributed by atoms with E-state index in [0.717, 1.165) is 25.8 Å². The largest absolute Gasteiger partial charge is 0.491 e. The SMILES string of the molecule is CCCOc1ccc(Cl)cc1NC(=O)[C@H]1CCCN1. The van der Waals surface area contributed by atoms with Gasteiger partial charge in [0.05, 0.1) is 18.3 Å². The van der Waals surface area contributed by atoms with E-state index in [2.05, 4.69) is 10.6 Å². The first-order valence-electron chi connectivity index (χ1n) is 6.67. The van der Waals surface area contributed by atoms with Gasteiger partial charge in [-0.3, -0.25) is 4.79 Å². The third kappa shape index (κ3) is 3.85. The zero-order chi connectivity index (χ0) is 13.7. The molecule has 1 heterocycles. The molecule has 1 amide bonds. The van der Waals surface area contributed by atoms with E-state index in [4.69, 9.17) is 16.3 Å². The standard InChI is InChI=1S/C14H19ClN2O2/c1-2-8-19-13-6-5-10(15)9-12(13)17-14(18)11-4-3-7-16-11/h5-6,9,11,16H,2-4,7-8H2,1H3,(H,17,18)/t11-/m1/s1. The summed E-state index contributed by atoms with van der Waals surface area (Å²) in [7, 11) is 0. The summed E-state index contributed by atoms with van der Waals surface area (Å²) in [6, 6.07) is 5.16. The monoisotopic (exact) mass is 282 g/mol. The van der Waals surface area contributed by atoms with Gasteiger partial charge in [-0.2, -0.15) is 0 Å². The van der Waals surface area contributed by atoms with Crippen LogP contribution in [0.2, 0.25) is 5.02 Å². The molecule has 19 heavy (non-hydrogen) atoms. The predicted molar refractivity (Wildman–Crippen MR) is 76.9 cm³/mol. The van der Waals surface area contributed by atoms with E-state index >= 15 is 0 Å². The van der Waals surface area contributed by atoms with Crippen LogP contribution in [0.3, 0.4) is 0 Å². The van der Waals surface area contributed by atoms with E-state index in [1.807, 2.05) is 6.92 Å².